The standard InChI is InChI=1S/C19H22N2O4/c1-21-10-19(17(22)24-2,18(23)25-3)8-13-12-5-4-6-14-16(12)11(9-20-14)7-15(13)21/h4-6,9,13,15,20H,7-8,10H2,1-3H3/t13-,15-/m0/s1. The van der Waals surface area contributed by atoms with Crippen LogP contribution in [0.5, 0.6) is 0 Å². The van der Waals surface area contributed by atoms with Gasteiger partial charge >= 0.3 is 11.9 Å². The molecule has 1 aromatic carbocycles. The molecule has 0 amide bonds. The van der Waals surface area contributed by atoms with Gasteiger partial charge < -0.3 is 19.4 Å². The predicted octanol–water partition coefficient (Wildman–Crippen LogP) is 1.84. The van der Waals surface area contributed by atoms with E-state index < -0.39 is 17.4 Å². The minimum atomic E-state index is -1.28. The van der Waals surface area contributed by atoms with Crippen molar-refractivity contribution in [3.05, 3.63) is 35.5 Å². The molecule has 2 aromatic rings. The molecule has 6 nitrogen and oxygen atoms in total. The van der Waals surface area contributed by atoms with Crippen LogP contribution in [0, 0.1) is 5.41 Å². The van der Waals surface area contributed by atoms with E-state index in [1.165, 1.54) is 30.7 Å². The van der Waals surface area contributed by atoms with E-state index >= 15 is 0 Å². The van der Waals surface area contributed by atoms with E-state index in [2.05, 4.69) is 28.2 Å². The average molecular weight is 342 g/mol. The summed E-state index contributed by atoms with van der Waals surface area (Å²) < 4.78 is 10.00. The molecule has 6 heteroatoms. The number of aromatic amines is 1. The second-order valence-electron chi connectivity index (χ2n) is 7.15. The molecule has 1 N–H and O–H groups in total. The summed E-state index contributed by atoms with van der Waals surface area (Å²) in [4.78, 5) is 30.6. The highest BCUT2D eigenvalue weighted by Gasteiger charge is 2.56. The lowest BCUT2D eigenvalue weighted by Crippen LogP contribution is -2.59. The number of likely N-dealkylation sites (tertiary alicyclic amines) is 1. The van der Waals surface area contributed by atoms with Crippen molar-refractivity contribution >= 4 is 22.8 Å². The summed E-state index contributed by atoms with van der Waals surface area (Å²) in [5.74, 6) is -0.961. The molecule has 1 fully saturated rings. The number of benzene rings is 1. The number of hydrogen-bond donors (Lipinski definition) is 1. The molecule has 0 saturated carbocycles. The van der Waals surface area contributed by atoms with Crippen LogP contribution >= 0.6 is 0 Å². The molecule has 0 bridgehead atoms. The number of likely N-dealkylation sites (N-methyl/N-ethyl adjacent to an activating group) is 1. The third-order valence-corrected chi connectivity index (χ3v) is 5.92. The molecule has 2 heterocycles. The third kappa shape index (κ3) is 2.13. The van der Waals surface area contributed by atoms with E-state index in [4.69, 9.17) is 9.47 Å². The summed E-state index contributed by atoms with van der Waals surface area (Å²) in [6.45, 7) is 0.309. The van der Waals surface area contributed by atoms with Crippen LogP contribution in [0.2, 0.25) is 0 Å². The molecule has 132 valence electrons. The molecule has 1 aromatic heterocycles. The van der Waals surface area contributed by atoms with Gasteiger partial charge in [0.05, 0.1) is 14.2 Å². The first kappa shape index (κ1) is 16.1. The quantitative estimate of drug-likeness (QED) is 0.666. The Morgan fingerprint density at radius 1 is 1.24 bits per heavy atom. The average Bonchev–Trinajstić information content (AvgIpc) is 3.05. The highest BCUT2D eigenvalue weighted by Crippen LogP contribution is 2.48. The van der Waals surface area contributed by atoms with E-state index in [1.807, 2.05) is 13.1 Å². The number of nitrogens with one attached hydrogen (secondary N) is 1. The van der Waals surface area contributed by atoms with Gasteiger partial charge in [0.1, 0.15) is 0 Å². The summed E-state index contributed by atoms with van der Waals surface area (Å²) in [6.07, 6.45) is 3.38. The number of fused-ring (bicyclic) bond motifs is 2. The maximum atomic E-state index is 12.6. The molecule has 25 heavy (non-hydrogen) atoms. The Hall–Kier alpha value is -2.34. The number of carbonyl (C=O) groups excluding carboxylic acids is 2. The maximum Gasteiger partial charge on any atom is 0.324 e. The molecule has 1 aliphatic heterocycles. The van der Waals surface area contributed by atoms with Crippen LogP contribution in [0.1, 0.15) is 23.5 Å². The smallest absolute Gasteiger partial charge is 0.324 e. The van der Waals surface area contributed by atoms with E-state index in [9.17, 15) is 9.59 Å². The second kappa shape index (κ2) is 5.59. The number of ether oxygens (including phenoxy) is 2. The van der Waals surface area contributed by atoms with Crippen molar-refractivity contribution in [1.29, 1.82) is 0 Å². The van der Waals surface area contributed by atoms with Crippen LogP contribution in [0.15, 0.2) is 24.4 Å². The molecule has 1 aliphatic carbocycles. The minimum Gasteiger partial charge on any atom is -0.468 e. The van der Waals surface area contributed by atoms with Gasteiger partial charge in [0.25, 0.3) is 0 Å². The zero-order chi connectivity index (χ0) is 17.8. The van der Waals surface area contributed by atoms with Gasteiger partial charge in [-0.25, -0.2) is 0 Å². The Morgan fingerprint density at radius 2 is 1.96 bits per heavy atom. The summed E-state index contributed by atoms with van der Waals surface area (Å²) in [7, 11) is 4.62. The van der Waals surface area contributed by atoms with Gasteiger partial charge in [0, 0.05) is 35.6 Å². The van der Waals surface area contributed by atoms with Crippen LogP contribution in [0.3, 0.4) is 0 Å². The zero-order valence-electron chi connectivity index (χ0n) is 14.7. The number of H-pyrrole nitrogens is 1. The van der Waals surface area contributed by atoms with Crippen LogP contribution < -0.4 is 0 Å². The van der Waals surface area contributed by atoms with Gasteiger partial charge in [-0.3, -0.25) is 9.59 Å². The van der Waals surface area contributed by atoms with Gasteiger partial charge in [0.15, 0.2) is 5.41 Å². The molecule has 4 rings (SSSR count). The minimum absolute atomic E-state index is 0.0731. The van der Waals surface area contributed by atoms with Crippen molar-refractivity contribution in [2.24, 2.45) is 5.41 Å². The summed E-state index contributed by atoms with van der Waals surface area (Å²) in [5, 5.41) is 1.22. The van der Waals surface area contributed by atoms with Crippen LogP contribution in [-0.4, -0.2) is 55.7 Å². The number of hydrogen-bond acceptors (Lipinski definition) is 5. The van der Waals surface area contributed by atoms with Crippen molar-refractivity contribution in [3.63, 3.8) is 0 Å². The Labute approximate surface area is 146 Å². The number of esters is 2. The first-order valence-corrected chi connectivity index (χ1v) is 8.48. The molecule has 1 saturated heterocycles. The zero-order valence-corrected chi connectivity index (χ0v) is 14.7. The van der Waals surface area contributed by atoms with Gasteiger partial charge in [-0.2, -0.15) is 0 Å². The predicted molar refractivity (Wildman–Crippen MR) is 92.2 cm³/mol. The summed E-state index contributed by atoms with van der Waals surface area (Å²) in [5.41, 5.74) is 2.30. The monoisotopic (exact) mass is 342 g/mol. The van der Waals surface area contributed by atoms with Crippen molar-refractivity contribution < 1.29 is 19.1 Å². The van der Waals surface area contributed by atoms with E-state index in [0.717, 1.165) is 11.9 Å². The van der Waals surface area contributed by atoms with Crippen LogP contribution in [0.4, 0.5) is 0 Å². The summed E-state index contributed by atoms with van der Waals surface area (Å²) in [6, 6.07) is 6.43. The fraction of sp³-hybridized carbons (Fsp3) is 0.474. The van der Waals surface area contributed by atoms with E-state index in [0.29, 0.717) is 13.0 Å². The fourth-order valence-corrected chi connectivity index (χ4v) is 4.79. The highest BCUT2D eigenvalue weighted by molar-refractivity contribution is 6.01. The molecule has 2 atom stereocenters. The van der Waals surface area contributed by atoms with Crippen molar-refractivity contribution in [1.82, 2.24) is 9.88 Å². The molecule has 0 radical (unpaired) electrons. The lowest BCUT2D eigenvalue weighted by molar-refractivity contribution is -0.175. The number of rotatable bonds is 2. The van der Waals surface area contributed by atoms with Crippen molar-refractivity contribution in [2.75, 3.05) is 27.8 Å². The lowest BCUT2D eigenvalue weighted by atomic mass is 9.66. The Balaban J connectivity index is 1.85. The van der Waals surface area contributed by atoms with Gasteiger partial charge in [-0.15, -0.1) is 0 Å². The van der Waals surface area contributed by atoms with Crippen LogP contribution in [-0.2, 0) is 25.5 Å². The molecular weight excluding hydrogens is 320 g/mol. The second-order valence-corrected chi connectivity index (χ2v) is 7.15. The SMILES string of the molecule is COC(=O)C1(C(=O)OC)C[C@H]2c3cccc4[nH]cc(c34)C[C@@H]2N(C)C1. The number of methoxy groups -OCH3 is 2. The van der Waals surface area contributed by atoms with Crippen LogP contribution in [0.25, 0.3) is 10.9 Å². The fourth-order valence-electron chi connectivity index (χ4n) is 4.79. The van der Waals surface area contributed by atoms with Gasteiger partial charge in [-0.05, 0) is 37.1 Å². The Morgan fingerprint density at radius 3 is 2.64 bits per heavy atom. The van der Waals surface area contributed by atoms with Crippen molar-refractivity contribution in [2.45, 2.75) is 24.8 Å². The number of carbonyl (C=O) groups is 2. The van der Waals surface area contributed by atoms with Crippen molar-refractivity contribution in [3.8, 4) is 0 Å². The molecule has 0 spiro atoms. The van der Waals surface area contributed by atoms with E-state index in [-0.39, 0.29) is 12.0 Å². The normalized spacial score (nSPS) is 24.6. The largest absolute Gasteiger partial charge is 0.468 e. The lowest BCUT2D eigenvalue weighted by Gasteiger charge is -2.48. The number of nitrogens with zero attached hydrogens (tertiary/aromatic N) is 1. The number of piperidine rings is 1. The Kier molecular flexibility index (Phi) is 3.61. The first-order valence-electron chi connectivity index (χ1n) is 8.48. The maximum absolute atomic E-state index is 12.6. The first-order chi connectivity index (χ1) is 12.0. The summed E-state index contributed by atoms with van der Waals surface area (Å²) >= 11 is 0. The Bertz CT molecular complexity index is 840. The van der Waals surface area contributed by atoms with Gasteiger partial charge in [0.2, 0.25) is 0 Å². The topological polar surface area (TPSA) is 71.6 Å². The highest BCUT2D eigenvalue weighted by atomic mass is 16.5. The number of aromatic nitrogens is 1. The molecule has 0 unspecified atom stereocenters. The molecule has 2 aliphatic rings. The third-order valence-electron chi connectivity index (χ3n) is 5.92. The van der Waals surface area contributed by atoms with E-state index in [1.54, 1.807) is 0 Å². The molecular formula is C19H22N2O4. The van der Waals surface area contributed by atoms with Gasteiger partial charge in [-0.1, -0.05) is 12.1 Å².